The van der Waals surface area contributed by atoms with Crippen LogP contribution in [0.1, 0.15) is 125 Å². The minimum Gasteiger partial charge on any atom is -0.460 e. The van der Waals surface area contributed by atoms with Gasteiger partial charge in [0.15, 0.2) is 5.78 Å². The fourth-order valence-corrected chi connectivity index (χ4v) is 10.6. The van der Waals surface area contributed by atoms with Crippen molar-refractivity contribution in [1.29, 1.82) is 0 Å². The molecule has 340 valence electrons. The number of aliphatic hydroxyl groups is 2. The quantitative estimate of drug-likeness (QED) is 0.174. The van der Waals surface area contributed by atoms with Crippen LogP contribution in [-0.4, -0.2) is 107 Å². The van der Waals surface area contributed by atoms with Gasteiger partial charge in [-0.3, -0.25) is 19.2 Å². The van der Waals surface area contributed by atoms with Crippen LogP contribution in [0.4, 0.5) is 0 Å². The molecule has 2 N–H and O–H groups in total. The van der Waals surface area contributed by atoms with Gasteiger partial charge in [-0.15, -0.1) is 0 Å². The maximum Gasteiger partial charge on any atom is 0.329 e. The molecule has 4 bridgehead atoms. The van der Waals surface area contributed by atoms with Gasteiger partial charge in [0.1, 0.15) is 30.1 Å². The topological polar surface area (TPSA) is 166 Å². The molecular weight excluding hydrogens is 779 g/mol. The summed E-state index contributed by atoms with van der Waals surface area (Å²) in [6.07, 6.45) is 16.3. The zero-order chi connectivity index (χ0) is 44.6. The number of amides is 1. The van der Waals surface area contributed by atoms with Crippen LogP contribution in [0.25, 0.3) is 0 Å². The van der Waals surface area contributed by atoms with Crippen LogP contribution < -0.4 is 0 Å². The van der Waals surface area contributed by atoms with Crippen LogP contribution in [0.2, 0.25) is 0 Å². The van der Waals surface area contributed by atoms with E-state index in [4.69, 9.17) is 18.9 Å². The molecule has 0 spiro atoms. The van der Waals surface area contributed by atoms with E-state index in [9.17, 15) is 34.2 Å². The van der Waals surface area contributed by atoms with E-state index in [1.165, 1.54) is 12.0 Å². The van der Waals surface area contributed by atoms with Gasteiger partial charge in [0.25, 0.3) is 11.7 Å². The second kappa shape index (κ2) is 21.9. The van der Waals surface area contributed by atoms with Crippen molar-refractivity contribution in [3.8, 4) is 0 Å². The van der Waals surface area contributed by atoms with Gasteiger partial charge in [-0.05, 0) is 101 Å². The number of carbonyl (C=O) groups is 5. The van der Waals surface area contributed by atoms with E-state index in [1.807, 2.05) is 51.2 Å². The minimum absolute atomic E-state index is 0.0663. The number of esters is 1. The minimum atomic E-state index is -2.33. The van der Waals surface area contributed by atoms with E-state index in [-0.39, 0.29) is 54.3 Å². The molecule has 8 unspecified atom stereocenters. The molecule has 1 aliphatic carbocycles. The summed E-state index contributed by atoms with van der Waals surface area (Å²) in [6, 6.07) is -1.04. The maximum atomic E-state index is 14.3. The molecular formula is C49H73NO11. The molecule has 0 radical (unpaired) electrons. The van der Waals surface area contributed by atoms with Gasteiger partial charge in [0, 0.05) is 50.9 Å². The highest BCUT2D eigenvalue weighted by Gasteiger charge is 2.56. The number of fused-ring (bicyclic) bond motifs is 4. The maximum absolute atomic E-state index is 14.3. The lowest BCUT2D eigenvalue weighted by Crippen LogP contribution is -2.65. The molecule has 12 heteroatoms. The fraction of sp³-hybridized carbons (Fsp3) is 0.735. The number of Topliss-reactive ketones (excluding diaryl/α,β-unsaturated/α-hetero) is 3. The summed E-state index contributed by atoms with van der Waals surface area (Å²) < 4.78 is 23.7. The van der Waals surface area contributed by atoms with Gasteiger partial charge in [0.05, 0.1) is 12.2 Å². The zero-order valence-corrected chi connectivity index (χ0v) is 37.9. The molecule has 14 atom stereocenters. The molecule has 5 aliphatic rings. The summed E-state index contributed by atoms with van der Waals surface area (Å²) in [5, 5.41) is 23.3. The first-order valence-corrected chi connectivity index (χ1v) is 22.9. The number of hydrogen-bond donors (Lipinski definition) is 2. The van der Waals surface area contributed by atoms with Crippen LogP contribution in [0.15, 0.2) is 47.6 Å². The Kier molecular flexibility index (Phi) is 17.5. The predicted octanol–water partition coefficient (Wildman–Crippen LogP) is 6.80. The first kappa shape index (κ1) is 48.7. The van der Waals surface area contributed by atoms with Crippen molar-refractivity contribution in [1.82, 2.24) is 4.90 Å². The van der Waals surface area contributed by atoms with Crippen LogP contribution in [-0.2, 0) is 42.9 Å². The smallest absolute Gasteiger partial charge is 0.329 e. The highest BCUT2D eigenvalue weighted by atomic mass is 16.6. The van der Waals surface area contributed by atoms with Crippen molar-refractivity contribution in [2.24, 2.45) is 41.4 Å². The summed E-state index contributed by atoms with van der Waals surface area (Å²) in [6.45, 7) is 11.1. The number of ketones is 3. The molecule has 0 aromatic carbocycles. The summed E-state index contributed by atoms with van der Waals surface area (Å²) in [7, 11) is 3.12. The van der Waals surface area contributed by atoms with Gasteiger partial charge >= 0.3 is 5.97 Å². The highest BCUT2D eigenvalue weighted by molar-refractivity contribution is 6.39. The third kappa shape index (κ3) is 11.8. The van der Waals surface area contributed by atoms with E-state index in [0.29, 0.717) is 56.9 Å². The Bertz CT molecular complexity index is 1700. The fourth-order valence-electron chi connectivity index (χ4n) is 10.6. The zero-order valence-electron chi connectivity index (χ0n) is 37.9. The molecule has 12 nitrogen and oxygen atoms in total. The highest BCUT2D eigenvalue weighted by Crippen LogP contribution is 2.45. The lowest BCUT2D eigenvalue weighted by molar-refractivity contribution is -0.263. The number of nitrogens with zero attached hydrogens (tertiary/aromatic N) is 1. The Morgan fingerprint density at radius 1 is 0.885 bits per heavy atom. The number of carbonyl (C=O) groups excluding carboxylic acids is 5. The Morgan fingerprint density at radius 3 is 2.36 bits per heavy atom. The van der Waals surface area contributed by atoms with Gasteiger partial charge in [-0.25, -0.2) is 4.79 Å². The average molecular weight is 852 g/mol. The third-order valence-electron chi connectivity index (χ3n) is 14.4. The van der Waals surface area contributed by atoms with Crippen molar-refractivity contribution < 1.29 is 53.1 Å². The molecule has 61 heavy (non-hydrogen) atoms. The largest absolute Gasteiger partial charge is 0.460 e. The first-order valence-electron chi connectivity index (χ1n) is 22.9. The number of allylic oxidation sites excluding steroid dienone is 7. The molecule has 0 aromatic heterocycles. The number of methoxy groups -OCH3 is 2. The van der Waals surface area contributed by atoms with Crippen molar-refractivity contribution in [3.63, 3.8) is 0 Å². The molecule has 0 aromatic rings. The molecule has 5 rings (SSSR count). The predicted molar refractivity (Wildman–Crippen MR) is 231 cm³/mol. The Hall–Kier alpha value is -3.29. The van der Waals surface area contributed by atoms with Crippen molar-refractivity contribution in [2.45, 2.75) is 167 Å². The van der Waals surface area contributed by atoms with E-state index in [1.54, 1.807) is 34.0 Å². The standard InChI is InChI=1S/C49H73NO11/c1-29-14-10-9-11-15-30(2)24-32(4)43(52)45(59-8)44(53)33(5)25-31(3)40(51)28-41-39(27-35-16-12-17-37(26-35)58-7)38-18-13-23-50(42(38)48(56)60-41)47(55)46(54)49(57)34(6)20-22-36(61-49)21-19-29/h9-11,14-15,25,30-32,34-39,41-42,44-45,53,57H,12-13,16-24,26-28H2,1-8H3/b10-9+,15-11+,29-14+,33-25+/t30-,31-,32?,34?,35?,36-,37?,38?,39+,41+,42?,44?,45+,49?/m1/s1. The third-order valence-corrected chi connectivity index (χ3v) is 14.4. The molecule has 4 fully saturated rings. The summed E-state index contributed by atoms with van der Waals surface area (Å²) in [4.78, 5) is 71.7. The lowest BCUT2D eigenvalue weighted by atomic mass is 9.68. The van der Waals surface area contributed by atoms with E-state index >= 15 is 0 Å². The SMILES string of the molecule is COC1CCCC(C[C@H]2C3CCCN4C(=O)C(=O)C5(O)O[C@H](CC/C(C)=C/C=C/C=C/[C@@H](C)CC(C)C(=O)[C@H](OC)C(O)/C(C)=C/[C@@H](C)C(=O)C[C@@H]2OC(=O)C34)CCC5C)C1. The monoisotopic (exact) mass is 852 g/mol. The van der Waals surface area contributed by atoms with Gasteiger partial charge in [0.2, 0.25) is 5.79 Å². The normalized spacial score (nSPS) is 42.2. The Morgan fingerprint density at radius 2 is 1.64 bits per heavy atom. The summed E-state index contributed by atoms with van der Waals surface area (Å²) in [5.74, 6) is -7.48. The number of hydrogen-bond acceptors (Lipinski definition) is 11. The number of piperidine rings is 1. The van der Waals surface area contributed by atoms with Crippen molar-refractivity contribution >= 4 is 29.2 Å². The van der Waals surface area contributed by atoms with E-state index in [2.05, 4.69) is 0 Å². The number of aliphatic hydroxyl groups excluding tert-OH is 1. The Balaban J connectivity index is 1.48. The summed E-state index contributed by atoms with van der Waals surface area (Å²) >= 11 is 0. The van der Waals surface area contributed by atoms with E-state index in [0.717, 1.165) is 31.3 Å². The average Bonchev–Trinajstić information content (AvgIpc) is 3.24. The lowest BCUT2D eigenvalue weighted by Gasteiger charge is -2.50. The van der Waals surface area contributed by atoms with Crippen molar-refractivity contribution in [2.75, 3.05) is 20.8 Å². The van der Waals surface area contributed by atoms with Crippen molar-refractivity contribution in [3.05, 3.63) is 47.6 Å². The Labute approximate surface area is 363 Å². The number of ether oxygens (including phenoxy) is 4. The molecule has 3 saturated heterocycles. The number of rotatable bonds is 4. The van der Waals surface area contributed by atoms with Gasteiger partial charge in [-0.2, -0.15) is 0 Å². The summed E-state index contributed by atoms with van der Waals surface area (Å²) in [5.41, 5.74) is 1.51. The van der Waals surface area contributed by atoms with E-state index < -0.39 is 71.7 Å². The molecule has 1 saturated carbocycles. The second-order valence-corrected chi connectivity index (χ2v) is 19.1. The second-order valence-electron chi connectivity index (χ2n) is 19.1. The van der Waals surface area contributed by atoms with Crippen LogP contribution in [0, 0.1) is 41.4 Å². The molecule has 4 heterocycles. The van der Waals surface area contributed by atoms with Gasteiger partial charge in [-0.1, -0.05) is 82.6 Å². The van der Waals surface area contributed by atoms with Crippen LogP contribution in [0.5, 0.6) is 0 Å². The van der Waals surface area contributed by atoms with Gasteiger partial charge < -0.3 is 34.1 Å². The van der Waals surface area contributed by atoms with Crippen LogP contribution >= 0.6 is 0 Å². The molecule has 1 amide bonds. The van der Waals surface area contributed by atoms with Crippen LogP contribution in [0.3, 0.4) is 0 Å². The first-order chi connectivity index (χ1) is 29.0. The molecule has 4 aliphatic heterocycles.